The number of hydrogen-bond acceptors (Lipinski definition) is 2. The van der Waals surface area contributed by atoms with E-state index >= 15 is 0 Å². The van der Waals surface area contributed by atoms with E-state index in [0.717, 1.165) is 39.0 Å². The Labute approximate surface area is 178 Å². The highest BCUT2D eigenvalue weighted by Gasteiger charge is 2.50. The maximum Gasteiger partial charge on any atom is 0.318 e. The zero-order valence-corrected chi connectivity index (χ0v) is 17.3. The molecule has 1 N–H and O–H groups in total. The second-order valence-corrected chi connectivity index (χ2v) is 8.71. The summed E-state index contributed by atoms with van der Waals surface area (Å²) in [5.41, 5.74) is 2.17. The molecule has 3 aliphatic rings. The number of urea groups is 1. The van der Waals surface area contributed by atoms with Gasteiger partial charge in [-0.3, -0.25) is 4.90 Å². The summed E-state index contributed by atoms with van der Waals surface area (Å²) in [5, 5.41) is 3.43. The van der Waals surface area contributed by atoms with E-state index in [1.807, 2.05) is 6.07 Å². The molecule has 0 radical (unpaired) electrons. The highest BCUT2D eigenvalue weighted by atomic mass is 16.2. The van der Waals surface area contributed by atoms with Crippen LogP contribution < -0.4 is 5.32 Å². The molecule has 5 rings (SSSR count). The first kappa shape index (κ1) is 19.1. The highest BCUT2D eigenvalue weighted by molar-refractivity contribution is 5.79. The van der Waals surface area contributed by atoms with Crippen molar-refractivity contribution in [1.29, 1.82) is 0 Å². The fraction of sp³-hybridized carbons (Fsp3) is 0.346. The number of carbonyl (C=O) groups is 1. The van der Waals surface area contributed by atoms with Crippen molar-refractivity contribution in [3.63, 3.8) is 0 Å². The second kappa shape index (κ2) is 8.11. The van der Waals surface area contributed by atoms with E-state index in [1.165, 1.54) is 11.1 Å². The van der Waals surface area contributed by atoms with E-state index in [4.69, 9.17) is 0 Å². The van der Waals surface area contributed by atoms with Gasteiger partial charge in [-0.2, -0.15) is 0 Å². The lowest BCUT2D eigenvalue weighted by molar-refractivity contribution is 0.190. The highest BCUT2D eigenvalue weighted by Crippen LogP contribution is 2.40. The molecule has 30 heavy (non-hydrogen) atoms. The minimum Gasteiger partial charge on any atom is -0.326 e. The van der Waals surface area contributed by atoms with Gasteiger partial charge in [-0.05, 0) is 24.0 Å². The number of allylic oxidation sites excluding steroid dienone is 3. The minimum atomic E-state index is -0.369. The fourth-order valence-electron chi connectivity index (χ4n) is 5.26. The first-order valence-corrected chi connectivity index (χ1v) is 11.0. The van der Waals surface area contributed by atoms with Crippen molar-refractivity contribution in [3.05, 3.63) is 96.1 Å². The molecule has 0 aromatic heterocycles. The lowest BCUT2D eigenvalue weighted by Gasteiger charge is -2.37. The molecule has 0 saturated carbocycles. The molecular formula is C26H29N3O. The molecule has 0 bridgehead atoms. The summed E-state index contributed by atoms with van der Waals surface area (Å²) < 4.78 is 0. The molecule has 2 aromatic carbocycles. The summed E-state index contributed by atoms with van der Waals surface area (Å²) in [5.74, 6) is 0.265. The van der Waals surface area contributed by atoms with E-state index in [2.05, 4.69) is 94.0 Å². The summed E-state index contributed by atoms with van der Waals surface area (Å²) in [4.78, 5) is 17.8. The van der Waals surface area contributed by atoms with Crippen LogP contribution in [0, 0.1) is 5.92 Å². The molecule has 2 saturated heterocycles. The van der Waals surface area contributed by atoms with Crippen molar-refractivity contribution in [1.82, 2.24) is 15.1 Å². The average Bonchev–Trinajstić information content (AvgIpc) is 3.40. The van der Waals surface area contributed by atoms with Gasteiger partial charge in [0, 0.05) is 31.6 Å². The van der Waals surface area contributed by atoms with Crippen molar-refractivity contribution in [2.45, 2.75) is 31.0 Å². The molecule has 3 atom stereocenters. The molecule has 2 fully saturated rings. The van der Waals surface area contributed by atoms with Crippen LogP contribution in [0.4, 0.5) is 4.79 Å². The summed E-state index contributed by atoms with van der Waals surface area (Å²) >= 11 is 0. The van der Waals surface area contributed by atoms with Gasteiger partial charge in [0.2, 0.25) is 0 Å². The Hall–Kier alpha value is -2.85. The zero-order valence-electron chi connectivity index (χ0n) is 17.3. The number of carbonyl (C=O) groups excluding carboxylic acids is 1. The number of hydrogen-bond donors (Lipinski definition) is 1. The summed E-state index contributed by atoms with van der Waals surface area (Å²) in [6, 6.07) is 21.5. The third-order valence-electron chi connectivity index (χ3n) is 6.85. The average molecular weight is 400 g/mol. The Bertz CT molecular complexity index is 939. The predicted octanol–water partition coefficient (Wildman–Crippen LogP) is 4.31. The first-order chi connectivity index (χ1) is 14.7. The normalized spacial score (nSPS) is 28.8. The Morgan fingerprint density at radius 2 is 1.77 bits per heavy atom. The Kier molecular flexibility index (Phi) is 5.17. The van der Waals surface area contributed by atoms with Crippen LogP contribution in [0.1, 0.15) is 24.0 Å². The van der Waals surface area contributed by atoms with Gasteiger partial charge in [-0.1, -0.05) is 85.0 Å². The fourth-order valence-corrected chi connectivity index (χ4v) is 5.26. The largest absolute Gasteiger partial charge is 0.326 e. The van der Waals surface area contributed by atoms with Crippen LogP contribution in [0.15, 0.2) is 85.0 Å². The maximum absolute atomic E-state index is 13.2. The SMILES string of the molecule is O=C1NC(c2ccccc2)(C2C=CC=CC2)CN1C1CCN(Cc2ccccc2)C1. The molecular weight excluding hydrogens is 370 g/mol. The molecule has 4 heteroatoms. The lowest BCUT2D eigenvalue weighted by Crippen LogP contribution is -2.47. The zero-order chi connectivity index (χ0) is 20.4. The van der Waals surface area contributed by atoms with Gasteiger partial charge in [0.25, 0.3) is 0 Å². The van der Waals surface area contributed by atoms with Crippen LogP contribution in [0.3, 0.4) is 0 Å². The van der Waals surface area contributed by atoms with Crippen LogP contribution in [0.2, 0.25) is 0 Å². The number of benzene rings is 2. The van der Waals surface area contributed by atoms with Crippen molar-refractivity contribution >= 4 is 6.03 Å². The van der Waals surface area contributed by atoms with Gasteiger partial charge in [0.15, 0.2) is 0 Å². The van der Waals surface area contributed by atoms with Crippen molar-refractivity contribution in [3.8, 4) is 0 Å². The minimum absolute atomic E-state index is 0.0772. The summed E-state index contributed by atoms with van der Waals surface area (Å²) in [6.45, 7) is 3.65. The molecule has 1 aliphatic carbocycles. The summed E-state index contributed by atoms with van der Waals surface area (Å²) in [6.07, 6.45) is 10.7. The third kappa shape index (κ3) is 3.56. The Morgan fingerprint density at radius 1 is 1.00 bits per heavy atom. The number of nitrogens with zero attached hydrogens (tertiary/aromatic N) is 2. The van der Waals surface area contributed by atoms with Gasteiger partial charge >= 0.3 is 6.03 Å². The van der Waals surface area contributed by atoms with E-state index in [0.29, 0.717) is 0 Å². The molecule has 2 heterocycles. The van der Waals surface area contributed by atoms with Gasteiger partial charge in [0.05, 0.1) is 12.1 Å². The number of amides is 2. The smallest absolute Gasteiger partial charge is 0.318 e. The quantitative estimate of drug-likeness (QED) is 0.813. The number of nitrogens with one attached hydrogen (secondary N) is 1. The standard InChI is InChI=1S/C26H29N3O/c30-25-27-26(22-12-6-2-7-13-22,23-14-8-3-9-15-23)20-29(25)24-16-17-28(19-24)18-21-10-4-1-5-11-21/h1-14,23-24H,15-20H2,(H,27,30). The number of likely N-dealkylation sites (tertiary alicyclic amines) is 1. The number of rotatable bonds is 5. The Balaban J connectivity index is 1.35. The third-order valence-corrected chi connectivity index (χ3v) is 6.85. The van der Waals surface area contributed by atoms with E-state index in [-0.39, 0.29) is 23.5 Å². The molecule has 154 valence electrons. The van der Waals surface area contributed by atoms with Gasteiger partial charge in [0.1, 0.15) is 0 Å². The van der Waals surface area contributed by atoms with Gasteiger partial charge in [-0.15, -0.1) is 0 Å². The molecule has 2 amide bonds. The van der Waals surface area contributed by atoms with E-state index in [9.17, 15) is 4.79 Å². The monoisotopic (exact) mass is 399 g/mol. The molecule has 3 unspecified atom stereocenters. The van der Waals surface area contributed by atoms with Crippen molar-refractivity contribution in [2.75, 3.05) is 19.6 Å². The molecule has 2 aliphatic heterocycles. The van der Waals surface area contributed by atoms with E-state index < -0.39 is 0 Å². The molecule has 0 spiro atoms. The van der Waals surface area contributed by atoms with Crippen LogP contribution in [-0.2, 0) is 12.1 Å². The van der Waals surface area contributed by atoms with Gasteiger partial charge < -0.3 is 10.2 Å². The maximum atomic E-state index is 13.2. The van der Waals surface area contributed by atoms with E-state index in [1.54, 1.807) is 0 Å². The van der Waals surface area contributed by atoms with Crippen LogP contribution in [0.5, 0.6) is 0 Å². The van der Waals surface area contributed by atoms with Crippen molar-refractivity contribution in [2.24, 2.45) is 5.92 Å². The summed E-state index contributed by atoms with van der Waals surface area (Å²) in [7, 11) is 0. The Morgan fingerprint density at radius 3 is 2.50 bits per heavy atom. The predicted molar refractivity (Wildman–Crippen MR) is 120 cm³/mol. The first-order valence-electron chi connectivity index (χ1n) is 11.0. The van der Waals surface area contributed by atoms with Crippen molar-refractivity contribution < 1.29 is 4.79 Å². The van der Waals surface area contributed by atoms with Crippen LogP contribution >= 0.6 is 0 Å². The second-order valence-electron chi connectivity index (χ2n) is 8.71. The van der Waals surface area contributed by atoms with Gasteiger partial charge in [-0.25, -0.2) is 4.79 Å². The lowest BCUT2D eigenvalue weighted by atomic mass is 9.75. The molecule has 4 nitrogen and oxygen atoms in total. The molecule has 2 aromatic rings. The van der Waals surface area contributed by atoms with Crippen LogP contribution in [-0.4, -0.2) is 41.5 Å². The topological polar surface area (TPSA) is 35.6 Å². The van der Waals surface area contributed by atoms with Crippen LogP contribution in [0.25, 0.3) is 0 Å².